The van der Waals surface area contributed by atoms with Gasteiger partial charge in [0.25, 0.3) is 5.91 Å². The van der Waals surface area contributed by atoms with Crippen LogP contribution in [0.2, 0.25) is 0 Å². The first kappa shape index (κ1) is 23.9. The number of aliphatic hydroxyl groups is 1. The van der Waals surface area contributed by atoms with Crippen LogP contribution in [0.3, 0.4) is 0 Å². The Bertz CT molecular complexity index is 1140. The van der Waals surface area contributed by atoms with Crippen LogP contribution in [0.1, 0.15) is 66.1 Å². The number of amides is 1. The van der Waals surface area contributed by atoms with Crippen molar-refractivity contribution in [1.82, 2.24) is 10.6 Å². The van der Waals surface area contributed by atoms with E-state index in [2.05, 4.69) is 60.0 Å². The van der Waals surface area contributed by atoms with Crippen molar-refractivity contribution in [2.45, 2.75) is 56.7 Å². The number of aliphatic carboxylic acids is 1. The van der Waals surface area contributed by atoms with Gasteiger partial charge in [-0.2, -0.15) is 0 Å². The van der Waals surface area contributed by atoms with Crippen LogP contribution < -0.4 is 10.6 Å². The predicted octanol–water partition coefficient (Wildman–Crippen LogP) is 4.39. The van der Waals surface area contributed by atoms with Gasteiger partial charge in [0.15, 0.2) is 6.04 Å². The Kier molecular flexibility index (Phi) is 7.60. The summed E-state index contributed by atoms with van der Waals surface area (Å²) in [5, 5.41) is 26.9. The molecule has 6 heteroatoms. The highest BCUT2D eigenvalue weighted by Crippen LogP contribution is 2.34. The third-order valence-corrected chi connectivity index (χ3v) is 6.88. The Hall–Kier alpha value is -3.22. The first-order chi connectivity index (χ1) is 16.5. The summed E-state index contributed by atoms with van der Waals surface area (Å²) in [5.41, 5.74) is 2.90. The number of benzene rings is 3. The van der Waals surface area contributed by atoms with Gasteiger partial charge in [-0.05, 0) is 66.1 Å². The fourth-order valence-corrected chi connectivity index (χ4v) is 5.05. The molecular formula is C28H32N2O4. The molecule has 34 heavy (non-hydrogen) atoms. The molecule has 1 unspecified atom stereocenters. The maximum Gasteiger partial charge on any atom is 0.328 e. The fraction of sp³-hybridized carbons (Fsp3) is 0.357. The molecule has 6 nitrogen and oxygen atoms in total. The molecule has 4 rings (SSSR count). The van der Waals surface area contributed by atoms with E-state index in [1.54, 1.807) is 12.1 Å². The highest BCUT2D eigenvalue weighted by atomic mass is 16.4. The van der Waals surface area contributed by atoms with Crippen molar-refractivity contribution in [3.8, 4) is 0 Å². The second kappa shape index (κ2) is 10.8. The van der Waals surface area contributed by atoms with Gasteiger partial charge >= 0.3 is 5.97 Å². The van der Waals surface area contributed by atoms with Crippen LogP contribution in [-0.4, -0.2) is 40.8 Å². The van der Waals surface area contributed by atoms with Gasteiger partial charge in [0, 0.05) is 17.6 Å². The van der Waals surface area contributed by atoms with Crippen LogP contribution >= 0.6 is 0 Å². The van der Waals surface area contributed by atoms with Crippen LogP contribution in [0.25, 0.3) is 10.8 Å². The van der Waals surface area contributed by atoms with Gasteiger partial charge in [-0.1, -0.05) is 61.0 Å². The molecule has 0 aromatic heterocycles. The summed E-state index contributed by atoms with van der Waals surface area (Å²) in [6.45, 7) is 1.59. The van der Waals surface area contributed by atoms with Crippen LogP contribution in [0.15, 0.2) is 66.7 Å². The first-order valence-corrected chi connectivity index (χ1v) is 11.9. The lowest BCUT2D eigenvalue weighted by molar-refractivity contribution is -0.140. The molecular weight excluding hydrogens is 428 g/mol. The molecule has 0 aliphatic heterocycles. The minimum atomic E-state index is -1.30. The molecule has 178 valence electrons. The van der Waals surface area contributed by atoms with Crippen LogP contribution in [0, 0.1) is 0 Å². The van der Waals surface area contributed by atoms with Crippen LogP contribution in [0.5, 0.6) is 0 Å². The SMILES string of the molecule is C[C@@H](N[C@H]1CCC[C@H](c2ccc(C(=O)NC(CO)C(=O)O)cc2)C1)c1cccc2ccccc12. The number of carbonyl (C=O) groups is 2. The zero-order chi connectivity index (χ0) is 24.1. The fourth-order valence-electron chi connectivity index (χ4n) is 5.05. The number of hydrogen-bond donors (Lipinski definition) is 4. The number of carboxylic acids is 1. The van der Waals surface area contributed by atoms with Gasteiger partial charge in [0.2, 0.25) is 0 Å². The van der Waals surface area contributed by atoms with Crippen molar-refractivity contribution >= 4 is 22.6 Å². The van der Waals surface area contributed by atoms with Gasteiger partial charge in [0.05, 0.1) is 6.61 Å². The highest BCUT2D eigenvalue weighted by molar-refractivity contribution is 5.96. The Labute approximate surface area is 200 Å². The maximum atomic E-state index is 12.3. The Morgan fingerprint density at radius 3 is 2.47 bits per heavy atom. The van der Waals surface area contributed by atoms with E-state index in [1.165, 1.54) is 21.9 Å². The zero-order valence-electron chi connectivity index (χ0n) is 19.4. The molecule has 1 amide bonds. The summed E-state index contributed by atoms with van der Waals surface area (Å²) >= 11 is 0. The predicted molar refractivity (Wildman–Crippen MR) is 133 cm³/mol. The molecule has 0 heterocycles. The molecule has 0 radical (unpaired) electrons. The molecule has 3 aromatic carbocycles. The summed E-state index contributed by atoms with van der Waals surface area (Å²) in [5.74, 6) is -1.35. The Morgan fingerprint density at radius 1 is 1.00 bits per heavy atom. The molecule has 1 aliphatic carbocycles. The van der Waals surface area contributed by atoms with Gasteiger partial charge in [0.1, 0.15) is 0 Å². The van der Waals surface area contributed by atoms with E-state index in [-0.39, 0.29) is 6.04 Å². The normalized spacial score (nSPS) is 19.9. The smallest absolute Gasteiger partial charge is 0.328 e. The van der Waals surface area contributed by atoms with Crippen molar-refractivity contribution in [2.24, 2.45) is 0 Å². The molecule has 3 aromatic rings. The van der Waals surface area contributed by atoms with Crippen molar-refractivity contribution in [3.05, 3.63) is 83.4 Å². The molecule has 1 saturated carbocycles. The molecule has 0 spiro atoms. The lowest BCUT2D eigenvalue weighted by Crippen LogP contribution is -2.43. The number of fused-ring (bicyclic) bond motifs is 1. The van der Waals surface area contributed by atoms with Gasteiger partial charge in [-0.25, -0.2) is 4.79 Å². The quantitative estimate of drug-likeness (QED) is 0.400. The Morgan fingerprint density at radius 2 is 1.74 bits per heavy atom. The number of rotatable bonds is 8. The largest absolute Gasteiger partial charge is 0.480 e. The number of hydrogen-bond acceptors (Lipinski definition) is 4. The van der Waals surface area contributed by atoms with E-state index in [0.717, 1.165) is 25.7 Å². The van der Waals surface area contributed by atoms with Crippen molar-refractivity contribution in [1.29, 1.82) is 0 Å². The van der Waals surface area contributed by atoms with E-state index in [4.69, 9.17) is 10.2 Å². The molecule has 0 saturated heterocycles. The third kappa shape index (κ3) is 5.46. The summed E-state index contributed by atoms with van der Waals surface area (Å²) in [4.78, 5) is 23.4. The topological polar surface area (TPSA) is 98.7 Å². The number of aliphatic hydroxyl groups excluding tert-OH is 1. The summed E-state index contributed by atoms with van der Waals surface area (Å²) in [6, 6.07) is 21.7. The summed E-state index contributed by atoms with van der Waals surface area (Å²) in [6.07, 6.45) is 4.43. The maximum absolute atomic E-state index is 12.3. The third-order valence-electron chi connectivity index (χ3n) is 6.88. The standard InChI is InChI=1S/C28H32N2O4/c1-18(24-11-5-7-20-6-2-3-10-25(20)24)29-23-9-4-8-22(16-23)19-12-14-21(15-13-19)27(32)30-26(17-31)28(33)34/h2-3,5-7,10-15,18,22-23,26,29,31H,4,8-9,16-17H2,1H3,(H,30,32)(H,33,34)/t18-,22+,23+,26?/m1/s1. The first-order valence-electron chi connectivity index (χ1n) is 11.9. The zero-order valence-corrected chi connectivity index (χ0v) is 19.4. The van der Waals surface area contributed by atoms with Crippen molar-refractivity contribution in [2.75, 3.05) is 6.61 Å². The van der Waals surface area contributed by atoms with E-state index >= 15 is 0 Å². The summed E-state index contributed by atoms with van der Waals surface area (Å²) in [7, 11) is 0. The van der Waals surface area contributed by atoms with E-state index in [9.17, 15) is 9.59 Å². The van der Waals surface area contributed by atoms with Gasteiger partial charge in [-0.15, -0.1) is 0 Å². The molecule has 0 bridgehead atoms. The highest BCUT2D eigenvalue weighted by Gasteiger charge is 2.25. The number of carbonyl (C=O) groups excluding carboxylic acids is 1. The minimum Gasteiger partial charge on any atom is -0.480 e. The van der Waals surface area contributed by atoms with E-state index < -0.39 is 24.5 Å². The van der Waals surface area contributed by atoms with Crippen molar-refractivity contribution in [3.63, 3.8) is 0 Å². The average molecular weight is 461 g/mol. The van der Waals surface area contributed by atoms with Crippen LogP contribution in [0.4, 0.5) is 0 Å². The monoisotopic (exact) mass is 460 g/mol. The van der Waals surface area contributed by atoms with E-state index in [1.807, 2.05) is 12.1 Å². The number of nitrogens with one attached hydrogen (secondary N) is 2. The van der Waals surface area contributed by atoms with Gasteiger partial charge < -0.3 is 20.8 Å². The molecule has 1 aliphatic rings. The Balaban J connectivity index is 1.40. The lowest BCUT2D eigenvalue weighted by Gasteiger charge is -2.32. The van der Waals surface area contributed by atoms with Crippen molar-refractivity contribution < 1.29 is 19.8 Å². The average Bonchev–Trinajstić information content (AvgIpc) is 2.86. The van der Waals surface area contributed by atoms with Gasteiger partial charge in [-0.3, -0.25) is 4.79 Å². The van der Waals surface area contributed by atoms with E-state index in [0.29, 0.717) is 17.5 Å². The van der Waals surface area contributed by atoms with Crippen LogP contribution in [-0.2, 0) is 4.79 Å². The minimum absolute atomic E-state index is 0.245. The molecule has 1 fully saturated rings. The lowest BCUT2D eigenvalue weighted by atomic mass is 9.80. The molecule has 4 N–H and O–H groups in total. The molecule has 4 atom stereocenters. The second-order valence-electron chi connectivity index (χ2n) is 9.19. The number of carboxylic acid groups (broad SMARTS) is 1. The second-order valence-corrected chi connectivity index (χ2v) is 9.19. The summed E-state index contributed by atoms with van der Waals surface area (Å²) < 4.78 is 0.